The van der Waals surface area contributed by atoms with Gasteiger partial charge in [0, 0.05) is 0 Å². The summed E-state index contributed by atoms with van der Waals surface area (Å²) in [5.74, 6) is 0. The molecule has 1 heterocycles. The van der Waals surface area contributed by atoms with Crippen LogP contribution in [-0.2, 0) is 0 Å². The fourth-order valence-electron chi connectivity index (χ4n) is 2.63. The van der Waals surface area contributed by atoms with Crippen molar-refractivity contribution in [3.05, 3.63) is 30.3 Å². The van der Waals surface area contributed by atoms with Crippen molar-refractivity contribution >= 4 is 23.0 Å². The number of benzene rings is 1. The van der Waals surface area contributed by atoms with Gasteiger partial charge in [0.2, 0.25) is 0 Å². The fraction of sp³-hybridized carbons (Fsp3) is 0.562. The van der Waals surface area contributed by atoms with Gasteiger partial charge in [-0.25, -0.2) is 5.43 Å². The molecule has 0 amide bonds. The monoisotopic (exact) mass is 291 g/mol. The number of para-hydroxylation sites is 1. The number of rotatable bonds is 7. The summed E-state index contributed by atoms with van der Waals surface area (Å²) in [5, 5.41) is 6.26. The minimum Gasteiger partial charge on any atom is -0.342 e. The van der Waals surface area contributed by atoms with Crippen LogP contribution in [0.2, 0.25) is 0 Å². The molecular formula is C16H25N3S. The zero-order chi connectivity index (χ0) is 14.4. The minimum atomic E-state index is -0.0827. The molecule has 1 aromatic rings. The molecule has 1 aliphatic rings. The molecule has 0 aliphatic carbocycles. The Labute approximate surface area is 127 Å². The Morgan fingerprint density at radius 2 is 1.85 bits per heavy atom. The lowest BCUT2D eigenvalue weighted by Gasteiger charge is -2.28. The molecule has 0 saturated carbocycles. The Morgan fingerprint density at radius 3 is 2.50 bits per heavy atom. The largest absolute Gasteiger partial charge is 0.342 e. The molecule has 4 heteroatoms. The van der Waals surface area contributed by atoms with E-state index in [1.807, 2.05) is 23.2 Å². The molecule has 3 nitrogen and oxygen atoms in total. The highest BCUT2D eigenvalue weighted by atomic mass is 32.1. The zero-order valence-electron chi connectivity index (χ0n) is 12.5. The molecule has 0 spiro atoms. The quantitative estimate of drug-likeness (QED) is 0.587. The highest BCUT2D eigenvalue weighted by Gasteiger charge is 2.38. The molecule has 1 fully saturated rings. The average Bonchev–Trinajstić information content (AvgIpc) is 2.82. The van der Waals surface area contributed by atoms with Crippen LogP contribution in [0.15, 0.2) is 30.3 Å². The number of thiocarbonyl (C=S) groups is 1. The second-order valence-electron chi connectivity index (χ2n) is 5.46. The third-order valence-corrected chi connectivity index (χ3v) is 4.23. The van der Waals surface area contributed by atoms with Crippen LogP contribution in [-0.4, -0.2) is 10.8 Å². The van der Waals surface area contributed by atoms with Crippen LogP contribution >= 0.6 is 12.2 Å². The second kappa shape index (κ2) is 7.04. The van der Waals surface area contributed by atoms with Crippen molar-refractivity contribution < 1.29 is 0 Å². The summed E-state index contributed by atoms with van der Waals surface area (Å²) in [4.78, 5) is 0. The summed E-state index contributed by atoms with van der Waals surface area (Å²) in [7, 11) is 0. The van der Waals surface area contributed by atoms with E-state index in [1.54, 1.807) is 0 Å². The lowest BCUT2D eigenvalue weighted by atomic mass is 9.99. The van der Waals surface area contributed by atoms with Gasteiger partial charge in [-0.2, -0.15) is 0 Å². The molecule has 110 valence electrons. The molecule has 1 aromatic carbocycles. The van der Waals surface area contributed by atoms with Crippen molar-refractivity contribution in [2.24, 2.45) is 0 Å². The van der Waals surface area contributed by atoms with Crippen LogP contribution < -0.4 is 15.8 Å². The summed E-state index contributed by atoms with van der Waals surface area (Å²) in [6, 6.07) is 10.2. The number of hydrogen-bond acceptors (Lipinski definition) is 2. The van der Waals surface area contributed by atoms with Crippen LogP contribution in [0.3, 0.4) is 0 Å². The first-order valence-electron chi connectivity index (χ1n) is 7.66. The molecular weight excluding hydrogens is 266 g/mol. The Bertz CT molecular complexity index is 435. The van der Waals surface area contributed by atoms with Crippen LogP contribution in [0.4, 0.5) is 5.69 Å². The van der Waals surface area contributed by atoms with Crippen LogP contribution in [0.1, 0.15) is 52.4 Å². The Morgan fingerprint density at radius 1 is 1.10 bits per heavy atom. The first-order valence-corrected chi connectivity index (χ1v) is 8.07. The Kier molecular flexibility index (Phi) is 5.38. The molecule has 2 N–H and O–H groups in total. The van der Waals surface area contributed by atoms with E-state index in [4.69, 9.17) is 12.2 Å². The van der Waals surface area contributed by atoms with E-state index in [0.717, 1.165) is 23.6 Å². The first-order chi connectivity index (χ1) is 9.71. The minimum absolute atomic E-state index is 0.0827. The van der Waals surface area contributed by atoms with Crippen molar-refractivity contribution in [2.45, 2.75) is 58.0 Å². The summed E-state index contributed by atoms with van der Waals surface area (Å²) >= 11 is 5.49. The topological polar surface area (TPSA) is 27.3 Å². The first kappa shape index (κ1) is 15.3. The standard InChI is InChI=1S/C16H25N3S/c1-3-5-6-10-13-16(4-2)17-15(20)19(18-16)14-11-8-7-9-12-14/h7-9,11-12,18H,3-6,10,13H2,1-2H3,(H,17,20)/t16-/m1/s1. The van der Waals surface area contributed by atoms with Gasteiger partial charge in [0.1, 0.15) is 5.66 Å². The summed E-state index contributed by atoms with van der Waals surface area (Å²) in [6.45, 7) is 4.45. The number of unbranched alkanes of at least 4 members (excludes halogenated alkanes) is 3. The summed E-state index contributed by atoms with van der Waals surface area (Å²) < 4.78 is 0. The van der Waals surface area contributed by atoms with Crippen molar-refractivity contribution in [1.29, 1.82) is 0 Å². The van der Waals surface area contributed by atoms with Crippen molar-refractivity contribution in [3.63, 3.8) is 0 Å². The van der Waals surface area contributed by atoms with Gasteiger partial charge in [0.15, 0.2) is 5.11 Å². The van der Waals surface area contributed by atoms with E-state index in [9.17, 15) is 0 Å². The molecule has 1 atom stereocenters. The molecule has 0 bridgehead atoms. The van der Waals surface area contributed by atoms with Gasteiger partial charge in [-0.1, -0.05) is 51.3 Å². The number of nitrogens with zero attached hydrogens (tertiary/aromatic N) is 1. The summed E-state index contributed by atoms with van der Waals surface area (Å²) in [5.41, 5.74) is 4.59. The number of hydrazine groups is 1. The fourth-order valence-corrected chi connectivity index (χ4v) is 2.97. The van der Waals surface area contributed by atoms with E-state index in [2.05, 4.69) is 36.7 Å². The molecule has 2 rings (SSSR count). The van der Waals surface area contributed by atoms with Crippen LogP contribution in [0, 0.1) is 0 Å². The van der Waals surface area contributed by atoms with Gasteiger partial charge in [0.05, 0.1) is 5.69 Å². The van der Waals surface area contributed by atoms with Gasteiger partial charge >= 0.3 is 0 Å². The van der Waals surface area contributed by atoms with Crippen LogP contribution in [0.25, 0.3) is 0 Å². The zero-order valence-corrected chi connectivity index (χ0v) is 13.3. The molecule has 0 unspecified atom stereocenters. The lowest BCUT2D eigenvalue weighted by molar-refractivity contribution is 0.291. The number of anilines is 1. The Balaban J connectivity index is 2.01. The van der Waals surface area contributed by atoms with Gasteiger partial charge in [-0.05, 0) is 43.6 Å². The molecule has 1 saturated heterocycles. The van der Waals surface area contributed by atoms with Crippen molar-refractivity contribution in [2.75, 3.05) is 5.01 Å². The maximum atomic E-state index is 5.49. The molecule has 1 aliphatic heterocycles. The summed E-state index contributed by atoms with van der Waals surface area (Å²) in [6.07, 6.45) is 7.23. The van der Waals surface area contributed by atoms with Gasteiger partial charge < -0.3 is 5.32 Å². The molecule has 20 heavy (non-hydrogen) atoms. The van der Waals surface area contributed by atoms with E-state index < -0.39 is 0 Å². The van der Waals surface area contributed by atoms with E-state index in [-0.39, 0.29) is 5.66 Å². The maximum Gasteiger partial charge on any atom is 0.189 e. The maximum absolute atomic E-state index is 5.49. The van der Waals surface area contributed by atoms with E-state index >= 15 is 0 Å². The third kappa shape index (κ3) is 3.49. The lowest BCUT2D eigenvalue weighted by Crippen LogP contribution is -2.50. The van der Waals surface area contributed by atoms with Gasteiger partial charge in [-0.3, -0.25) is 5.01 Å². The molecule has 0 radical (unpaired) electrons. The Hall–Kier alpha value is -1.13. The van der Waals surface area contributed by atoms with Crippen molar-refractivity contribution in [3.8, 4) is 0 Å². The normalized spacial score (nSPS) is 22.1. The average molecular weight is 291 g/mol. The highest BCUT2D eigenvalue weighted by Crippen LogP contribution is 2.25. The van der Waals surface area contributed by atoms with Crippen LogP contribution in [0.5, 0.6) is 0 Å². The van der Waals surface area contributed by atoms with E-state index in [0.29, 0.717) is 0 Å². The predicted octanol–water partition coefficient (Wildman–Crippen LogP) is 3.96. The number of nitrogens with one attached hydrogen (secondary N) is 2. The SMILES string of the molecule is CCCCCC[C@]1(CC)NC(=S)N(c2ccccc2)N1. The number of hydrogen-bond donors (Lipinski definition) is 2. The van der Waals surface area contributed by atoms with E-state index in [1.165, 1.54) is 25.7 Å². The highest BCUT2D eigenvalue weighted by molar-refractivity contribution is 7.80. The third-order valence-electron chi connectivity index (χ3n) is 3.95. The molecule has 0 aromatic heterocycles. The smallest absolute Gasteiger partial charge is 0.189 e. The predicted molar refractivity (Wildman–Crippen MR) is 89.6 cm³/mol. The van der Waals surface area contributed by atoms with Crippen molar-refractivity contribution in [1.82, 2.24) is 10.7 Å². The van der Waals surface area contributed by atoms with Gasteiger partial charge in [-0.15, -0.1) is 0 Å². The van der Waals surface area contributed by atoms with Gasteiger partial charge in [0.25, 0.3) is 0 Å². The second-order valence-corrected chi connectivity index (χ2v) is 5.85.